The standard InChI is InChI=1S/C35H39FN4O5S/c1-4-45-30-22-26(21-29(23-30)40(3)46(43,44)31-13-9-6-10-14-31)35(42)39-33(20-25-11-7-5-8-12-25)32(37)19-24(2)34(41)38-28-17-15-27(36)16-18-28/h5-18,21-24,32-33H,4,19-20,37H2,1-3H3,(H,38,41)(H,39,42)/t24-,32+,33+/m1/s1. The number of nitrogens with two attached hydrogens (primary N) is 1. The summed E-state index contributed by atoms with van der Waals surface area (Å²) in [6.07, 6.45) is 0.632. The van der Waals surface area contributed by atoms with Gasteiger partial charge in [0, 0.05) is 42.4 Å². The monoisotopic (exact) mass is 646 g/mol. The Kier molecular flexibility index (Phi) is 11.5. The second kappa shape index (κ2) is 15.5. The topological polar surface area (TPSA) is 131 Å². The molecular weight excluding hydrogens is 607 g/mol. The first kappa shape index (κ1) is 34.1. The SMILES string of the molecule is CCOc1cc(C(=O)N[C@@H](Cc2ccccc2)[C@@H](N)C[C@@H](C)C(=O)Nc2ccc(F)cc2)cc(N(C)S(=O)(=O)c2ccccc2)c1. The number of anilines is 2. The highest BCUT2D eigenvalue weighted by molar-refractivity contribution is 7.92. The summed E-state index contributed by atoms with van der Waals surface area (Å²) >= 11 is 0. The van der Waals surface area contributed by atoms with Crippen LogP contribution in [0.3, 0.4) is 0 Å². The first-order valence-corrected chi connectivity index (χ1v) is 16.4. The van der Waals surface area contributed by atoms with Gasteiger partial charge in [-0.1, -0.05) is 55.5 Å². The van der Waals surface area contributed by atoms with Crippen LogP contribution in [0.25, 0.3) is 0 Å². The van der Waals surface area contributed by atoms with Crippen LogP contribution in [0.2, 0.25) is 0 Å². The average Bonchev–Trinajstić information content (AvgIpc) is 3.05. The number of rotatable bonds is 14. The number of sulfonamides is 1. The third kappa shape index (κ3) is 8.92. The molecule has 0 aliphatic carbocycles. The zero-order chi connectivity index (χ0) is 33.3. The van der Waals surface area contributed by atoms with Crippen molar-refractivity contribution in [3.63, 3.8) is 0 Å². The van der Waals surface area contributed by atoms with Crippen LogP contribution < -0.4 is 25.4 Å². The minimum Gasteiger partial charge on any atom is -0.494 e. The van der Waals surface area contributed by atoms with Crippen molar-refractivity contribution in [1.29, 1.82) is 0 Å². The van der Waals surface area contributed by atoms with Crippen molar-refractivity contribution in [2.45, 2.75) is 43.7 Å². The van der Waals surface area contributed by atoms with Gasteiger partial charge in [-0.05, 0) is 73.9 Å². The van der Waals surface area contributed by atoms with Gasteiger partial charge in [-0.2, -0.15) is 0 Å². The van der Waals surface area contributed by atoms with Crippen LogP contribution in [0.15, 0.2) is 108 Å². The highest BCUT2D eigenvalue weighted by atomic mass is 32.2. The normalized spacial score (nSPS) is 13.2. The molecule has 0 fully saturated rings. The Bertz CT molecular complexity index is 1720. The van der Waals surface area contributed by atoms with Gasteiger partial charge in [0.1, 0.15) is 11.6 Å². The molecule has 0 saturated carbocycles. The van der Waals surface area contributed by atoms with Crippen molar-refractivity contribution in [3.8, 4) is 5.75 Å². The molecule has 0 heterocycles. The number of nitrogens with zero attached hydrogens (tertiary/aromatic N) is 1. The maximum atomic E-state index is 13.8. The number of nitrogens with one attached hydrogen (secondary N) is 2. The van der Waals surface area contributed by atoms with Crippen molar-refractivity contribution in [3.05, 3.63) is 120 Å². The molecule has 9 nitrogen and oxygen atoms in total. The number of carbonyl (C=O) groups is 2. The number of halogens is 1. The van der Waals surface area contributed by atoms with Crippen molar-refractivity contribution in [1.82, 2.24) is 5.32 Å². The number of ether oxygens (including phenoxy) is 1. The van der Waals surface area contributed by atoms with Gasteiger partial charge >= 0.3 is 0 Å². The quantitative estimate of drug-likeness (QED) is 0.169. The molecule has 4 rings (SSSR count). The largest absolute Gasteiger partial charge is 0.494 e. The Morgan fingerprint density at radius 2 is 1.57 bits per heavy atom. The third-order valence-electron chi connectivity index (χ3n) is 7.55. The van der Waals surface area contributed by atoms with E-state index in [1.54, 1.807) is 44.2 Å². The summed E-state index contributed by atoms with van der Waals surface area (Å²) in [5, 5.41) is 5.80. The highest BCUT2D eigenvalue weighted by Gasteiger charge is 2.27. The molecule has 0 aliphatic heterocycles. The molecular formula is C35H39FN4O5S. The fourth-order valence-electron chi connectivity index (χ4n) is 4.94. The lowest BCUT2D eigenvalue weighted by Gasteiger charge is -2.28. The molecule has 0 aliphatic rings. The van der Waals surface area contributed by atoms with Crippen LogP contribution in [0.4, 0.5) is 15.8 Å². The minimum atomic E-state index is -3.92. The lowest BCUT2D eigenvalue weighted by atomic mass is 9.92. The van der Waals surface area contributed by atoms with Crippen LogP contribution in [0.1, 0.15) is 36.2 Å². The summed E-state index contributed by atoms with van der Waals surface area (Å²) in [4.78, 5) is 26.8. The molecule has 0 spiro atoms. The van der Waals surface area contributed by atoms with E-state index in [0.717, 1.165) is 9.87 Å². The molecule has 0 bridgehead atoms. The van der Waals surface area contributed by atoms with Crippen LogP contribution >= 0.6 is 0 Å². The molecule has 46 heavy (non-hydrogen) atoms. The average molecular weight is 647 g/mol. The van der Waals surface area contributed by atoms with Crippen LogP contribution in [-0.4, -0.2) is 46.0 Å². The summed E-state index contributed by atoms with van der Waals surface area (Å²) in [5.74, 6) is -1.37. The Labute approximate surface area is 269 Å². The number of hydrogen-bond donors (Lipinski definition) is 3. The van der Waals surface area contributed by atoms with E-state index in [9.17, 15) is 22.4 Å². The second-order valence-electron chi connectivity index (χ2n) is 11.0. The van der Waals surface area contributed by atoms with Gasteiger partial charge in [0.05, 0.1) is 17.2 Å². The predicted octanol–water partition coefficient (Wildman–Crippen LogP) is 5.38. The van der Waals surface area contributed by atoms with Gasteiger partial charge in [-0.15, -0.1) is 0 Å². The number of hydrogen-bond acceptors (Lipinski definition) is 6. The van der Waals surface area contributed by atoms with E-state index in [2.05, 4.69) is 10.6 Å². The van der Waals surface area contributed by atoms with E-state index in [1.807, 2.05) is 30.3 Å². The lowest BCUT2D eigenvalue weighted by molar-refractivity contribution is -0.119. The fraction of sp³-hybridized carbons (Fsp3) is 0.257. The Hall–Kier alpha value is -4.74. The summed E-state index contributed by atoms with van der Waals surface area (Å²) in [6.45, 7) is 3.83. The second-order valence-corrected chi connectivity index (χ2v) is 13.0. The molecule has 4 aromatic carbocycles. The maximum absolute atomic E-state index is 13.8. The third-order valence-corrected chi connectivity index (χ3v) is 9.35. The van der Waals surface area contributed by atoms with Gasteiger partial charge in [0.2, 0.25) is 5.91 Å². The van der Waals surface area contributed by atoms with Gasteiger partial charge in [0.15, 0.2) is 0 Å². The molecule has 11 heteroatoms. The molecule has 3 atom stereocenters. The fourth-order valence-corrected chi connectivity index (χ4v) is 6.14. The zero-order valence-corrected chi connectivity index (χ0v) is 26.8. The van der Waals surface area contributed by atoms with Crippen LogP contribution in [0.5, 0.6) is 5.75 Å². The first-order chi connectivity index (χ1) is 22.0. The van der Waals surface area contributed by atoms with E-state index in [1.165, 1.54) is 49.5 Å². The number of amides is 2. The Morgan fingerprint density at radius 3 is 2.20 bits per heavy atom. The van der Waals surface area contributed by atoms with Crippen molar-refractivity contribution in [2.75, 3.05) is 23.3 Å². The van der Waals surface area contributed by atoms with E-state index in [4.69, 9.17) is 10.5 Å². The van der Waals surface area contributed by atoms with Crippen molar-refractivity contribution < 1.29 is 27.1 Å². The maximum Gasteiger partial charge on any atom is 0.264 e. The number of carbonyl (C=O) groups excluding carboxylic acids is 2. The summed E-state index contributed by atoms with van der Waals surface area (Å²) < 4.78 is 46.8. The lowest BCUT2D eigenvalue weighted by Crippen LogP contribution is -2.50. The van der Waals surface area contributed by atoms with Crippen LogP contribution in [0, 0.1) is 11.7 Å². The molecule has 2 amide bonds. The smallest absolute Gasteiger partial charge is 0.264 e. The molecule has 0 aromatic heterocycles. The summed E-state index contributed by atoms with van der Waals surface area (Å²) in [5.41, 5.74) is 8.49. The van der Waals surface area contributed by atoms with E-state index in [0.29, 0.717) is 24.5 Å². The van der Waals surface area contributed by atoms with E-state index < -0.39 is 39.7 Å². The number of benzene rings is 4. The zero-order valence-electron chi connectivity index (χ0n) is 26.0. The molecule has 0 unspecified atom stereocenters. The van der Waals surface area contributed by atoms with Crippen LogP contribution in [-0.2, 0) is 21.2 Å². The molecule has 0 saturated heterocycles. The van der Waals surface area contributed by atoms with Gasteiger partial charge in [0.25, 0.3) is 15.9 Å². The van der Waals surface area contributed by atoms with Gasteiger partial charge < -0.3 is 21.1 Å². The van der Waals surface area contributed by atoms with Crippen molar-refractivity contribution in [2.24, 2.45) is 11.7 Å². The predicted molar refractivity (Wildman–Crippen MR) is 178 cm³/mol. The Morgan fingerprint density at radius 1 is 0.935 bits per heavy atom. The highest BCUT2D eigenvalue weighted by Crippen LogP contribution is 2.28. The molecule has 4 N–H and O–H groups in total. The van der Waals surface area contributed by atoms with Gasteiger partial charge in [-0.25, -0.2) is 12.8 Å². The van der Waals surface area contributed by atoms with Crippen molar-refractivity contribution >= 4 is 33.2 Å². The summed E-state index contributed by atoms with van der Waals surface area (Å²) in [6, 6.07) is 26.4. The van der Waals surface area contributed by atoms with E-state index >= 15 is 0 Å². The molecule has 0 radical (unpaired) electrons. The minimum absolute atomic E-state index is 0.108. The molecule has 4 aromatic rings. The first-order valence-electron chi connectivity index (χ1n) is 15.0. The Balaban J connectivity index is 1.57. The van der Waals surface area contributed by atoms with E-state index in [-0.39, 0.29) is 28.5 Å². The molecule has 242 valence electrons. The van der Waals surface area contributed by atoms with Gasteiger partial charge in [-0.3, -0.25) is 13.9 Å². The summed E-state index contributed by atoms with van der Waals surface area (Å²) in [7, 11) is -2.50.